The van der Waals surface area contributed by atoms with E-state index >= 15 is 0 Å². The molecule has 1 amide bonds. The molecule has 6 nitrogen and oxygen atoms in total. The molecule has 1 fully saturated rings. The van der Waals surface area contributed by atoms with Crippen molar-refractivity contribution in [1.29, 1.82) is 0 Å². The lowest BCUT2D eigenvalue weighted by molar-refractivity contribution is 0.0958. The van der Waals surface area contributed by atoms with Gasteiger partial charge in [-0.2, -0.15) is 0 Å². The number of furan rings is 1. The Kier molecular flexibility index (Phi) is 4.95. The fourth-order valence-electron chi connectivity index (χ4n) is 4.03. The summed E-state index contributed by atoms with van der Waals surface area (Å²) in [6.45, 7) is 0.625. The first-order chi connectivity index (χ1) is 13.0. The summed E-state index contributed by atoms with van der Waals surface area (Å²) >= 11 is 0. The van der Waals surface area contributed by atoms with E-state index in [1.165, 1.54) is 6.26 Å². The Morgan fingerprint density at radius 2 is 1.93 bits per heavy atom. The summed E-state index contributed by atoms with van der Waals surface area (Å²) in [6, 6.07) is 8.78. The number of fused-ring (bicyclic) bond motifs is 1. The second-order valence-corrected chi connectivity index (χ2v) is 9.25. The van der Waals surface area contributed by atoms with Gasteiger partial charge < -0.3 is 9.32 Å². The highest BCUT2D eigenvalue weighted by molar-refractivity contribution is 7.93. The van der Waals surface area contributed by atoms with Crippen LogP contribution in [0.4, 0.5) is 11.4 Å². The number of sulfonamides is 1. The molecular weight excluding hydrogens is 364 g/mol. The first-order valence-electron chi connectivity index (χ1n) is 9.54. The van der Waals surface area contributed by atoms with Crippen molar-refractivity contribution in [1.82, 2.24) is 0 Å². The Hall–Kier alpha value is -2.28. The fourth-order valence-corrected chi connectivity index (χ4v) is 5.60. The quantitative estimate of drug-likeness (QED) is 0.860. The average Bonchev–Trinajstić information content (AvgIpc) is 3.22. The van der Waals surface area contributed by atoms with Gasteiger partial charge in [-0.25, -0.2) is 8.42 Å². The number of carbonyl (C=O) groups excluding carboxylic acids is 1. The van der Waals surface area contributed by atoms with Gasteiger partial charge in [-0.05, 0) is 61.6 Å². The van der Waals surface area contributed by atoms with Crippen LogP contribution in [0.1, 0.15) is 54.6 Å². The van der Waals surface area contributed by atoms with Gasteiger partial charge in [-0.15, -0.1) is 0 Å². The van der Waals surface area contributed by atoms with E-state index in [1.54, 1.807) is 23.1 Å². The number of anilines is 2. The van der Waals surface area contributed by atoms with Crippen LogP contribution in [0.5, 0.6) is 0 Å². The zero-order valence-corrected chi connectivity index (χ0v) is 16.0. The van der Waals surface area contributed by atoms with Crippen molar-refractivity contribution in [3.63, 3.8) is 0 Å². The molecule has 1 aromatic carbocycles. The summed E-state index contributed by atoms with van der Waals surface area (Å²) in [5, 5.41) is -0.306. The molecule has 1 aliphatic heterocycles. The third kappa shape index (κ3) is 3.74. The van der Waals surface area contributed by atoms with E-state index in [1.807, 2.05) is 12.1 Å². The van der Waals surface area contributed by atoms with E-state index in [-0.39, 0.29) is 11.2 Å². The highest BCUT2D eigenvalue weighted by Crippen LogP contribution is 2.32. The Bertz CT molecular complexity index is 915. The van der Waals surface area contributed by atoms with Gasteiger partial charge in [0.05, 0.1) is 11.5 Å². The van der Waals surface area contributed by atoms with Gasteiger partial charge in [0, 0.05) is 17.9 Å². The lowest BCUT2D eigenvalue weighted by Crippen LogP contribution is -2.35. The number of hydrogen-bond acceptors (Lipinski definition) is 4. The first-order valence-corrected chi connectivity index (χ1v) is 11.1. The normalized spacial score (nSPS) is 18.1. The Labute approximate surface area is 159 Å². The van der Waals surface area contributed by atoms with Gasteiger partial charge >= 0.3 is 0 Å². The zero-order valence-electron chi connectivity index (χ0n) is 15.2. The van der Waals surface area contributed by atoms with Crippen LogP contribution >= 0.6 is 0 Å². The van der Waals surface area contributed by atoms with Crippen LogP contribution in [0, 0.1) is 0 Å². The minimum absolute atomic E-state index is 0.170. The molecule has 0 unspecified atom stereocenters. The fraction of sp³-hybridized carbons (Fsp3) is 0.450. The molecule has 144 valence electrons. The third-order valence-electron chi connectivity index (χ3n) is 5.43. The minimum atomic E-state index is -3.37. The number of nitrogens with zero attached hydrogens (tertiary/aromatic N) is 1. The summed E-state index contributed by atoms with van der Waals surface area (Å²) in [6.07, 6.45) is 7.65. The highest BCUT2D eigenvalue weighted by Gasteiger charge is 2.29. The number of hydrogen-bond donors (Lipinski definition) is 1. The Morgan fingerprint density at radius 3 is 2.67 bits per heavy atom. The van der Waals surface area contributed by atoms with Crippen molar-refractivity contribution in [3.8, 4) is 0 Å². The van der Waals surface area contributed by atoms with Crippen LogP contribution in [-0.2, 0) is 16.4 Å². The molecule has 1 aromatic heterocycles. The van der Waals surface area contributed by atoms with Gasteiger partial charge in [0.15, 0.2) is 5.76 Å². The largest absolute Gasteiger partial charge is 0.459 e. The second kappa shape index (κ2) is 7.38. The predicted octanol–water partition coefficient (Wildman–Crippen LogP) is 3.95. The summed E-state index contributed by atoms with van der Waals surface area (Å²) in [5.41, 5.74) is 2.37. The van der Waals surface area contributed by atoms with Crippen molar-refractivity contribution in [2.75, 3.05) is 16.2 Å². The summed E-state index contributed by atoms with van der Waals surface area (Å²) in [7, 11) is -3.37. The van der Waals surface area contributed by atoms with Crippen molar-refractivity contribution in [2.45, 2.75) is 50.2 Å². The molecule has 0 spiro atoms. The number of carbonyl (C=O) groups is 1. The van der Waals surface area contributed by atoms with Crippen molar-refractivity contribution >= 4 is 27.3 Å². The monoisotopic (exact) mass is 388 g/mol. The van der Waals surface area contributed by atoms with E-state index in [0.717, 1.165) is 56.2 Å². The average molecular weight is 388 g/mol. The second-order valence-electron chi connectivity index (χ2n) is 7.29. The zero-order chi connectivity index (χ0) is 18.9. The maximum atomic E-state index is 12.7. The van der Waals surface area contributed by atoms with Crippen LogP contribution < -0.4 is 9.62 Å². The maximum Gasteiger partial charge on any atom is 0.293 e. The number of benzene rings is 1. The first kappa shape index (κ1) is 18.1. The van der Waals surface area contributed by atoms with Crippen LogP contribution in [0.15, 0.2) is 41.0 Å². The van der Waals surface area contributed by atoms with Crippen LogP contribution in [0.25, 0.3) is 0 Å². The van der Waals surface area contributed by atoms with E-state index < -0.39 is 10.0 Å². The molecule has 2 aromatic rings. The van der Waals surface area contributed by atoms with Crippen molar-refractivity contribution in [3.05, 3.63) is 47.9 Å². The van der Waals surface area contributed by atoms with Crippen molar-refractivity contribution in [2.24, 2.45) is 0 Å². The molecule has 27 heavy (non-hydrogen) atoms. The predicted molar refractivity (Wildman–Crippen MR) is 105 cm³/mol. The number of rotatable bonds is 4. The van der Waals surface area contributed by atoms with E-state index in [4.69, 9.17) is 4.42 Å². The summed E-state index contributed by atoms with van der Waals surface area (Å²) < 4.78 is 33.3. The minimum Gasteiger partial charge on any atom is -0.459 e. The van der Waals surface area contributed by atoms with Gasteiger partial charge in [0.2, 0.25) is 10.0 Å². The highest BCUT2D eigenvalue weighted by atomic mass is 32.2. The number of nitrogens with one attached hydrogen (secondary N) is 1. The van der Waals surface area contributed by atoms with E-state index in [2.05, 4.69) is 4.72 Å². The molecule has 0 radical (unpaired) electrons. The standard InChI is InChI=1S/C20H24N2O4S/c23-20(19-9-5-13-26-19)22-12-4-6-15-14-16(10-11-18(15)22)21-27(24,25)17-7-2-1-3-8-17/h5,9-11,13-14,17,21H,1-4,6-8,12H2. The van der Waals surface area contributed by atoms with Gasteiger partial charge in [-0.3, -0.25) is 9.52 Å². The summed E-state index contributed by atoms with van der Waals surface area (Å²) in [5.74, 6) is 0.140. The van der Waals surface area contributed by atoms with Crippen molar-refractivity contribution < 1.29 is 17.6 Å². The molecular formula is C20H24N2O4S. The van der Waals surface area contributed by atoms with Crippen LogP contribution in [-0.4, -0.2) is 26.1 Å². The topological polar surface area (TPSA) is 79.6 Å². The maximum absolute atomic E-state index is 12.7. The summed E-state index contributed by atoms with van der Waals surface area (Å²) in [4.78, 5) is 14.4. The van der Waals surface area contributed by atoms with E-state index in [9.17, 15) is 13.2 Å². The van der Waals surface area contributed by atoms with Crippen LogP contribution in [0.3, 0.4) is 0 Å². The lowest BCUT2D eigenvalue weighted by atomic mass is 10.0. The third-order valence-corrected chi connectivity index (χ3v) is 7.30. The van der Waals surface area contributed by atoms with Crippen LogP contribution in [0.2, 0.25) is 0 Å². The number of aryl methyl sites for hydroxylation is 1. The SMILES string of the molecule is O=C(c1ccco1)N1CCCc2cc(NS(=O)(=O)C3CCCCC3)ccc21. The van der Waals surface area contributed by atoms with Gasteiger partial charge in [0.25, 0.3) is 5.91 Å². The molecule has 4 rings (SSSR count). The molecule has 7 heteroatoms. The smallest absolute Gasteiger partial charge is 0.293 e. The molecule has 0 saturated heterocycles. The Morgan fingerprint density at radius 1 is 1.11 bits per heavy atom. The molecule has 0 atom stereocenters. The van der Waals surface area contributed by atoms with Gasteiger partial charge in [-0.1, -0.05) is 19.3 Å². The molecule has 1 aliphatic carbocycles. The molecule has 1 N–H and O–H groups in total. The lowest BCUT2D eigenvalue weighted by Gasteiger charge is -2.29. The number of amides is 1. The Balaban J connectivity index is 1.55. The van der Waals surface area contributed by atoms with Gasteiger partial charge in [0.1, 0.15) is 0 Å². The molecule has 1 saturated carbocycles. The molecule has 0 bridgehead atoms. The van der Waals surface area contributed by atoms with E-state index in [0.29, 0.717) is 18.0 Å². The molecule has 2 aliphatic rings. The molecule has 2 heterocycles.